The minimum Gasteiger partial charge on any atom is -0.465 e. The highest BCUT2D eigenvalue weighted by molar-refractivity contribution is 8.33. The van der Waals surface area contributed by atoms with E-state index in [-0.39, 0.29) is 0 Å². The highest BCUT2D eigenvalue weighted by atomic mass is 32.2. The minimum atomic E-state index is -0.478. The van der Waals surface area contributed by atoms with Gasteiger partial charge in [-0.25, -0.2) is 9.59 Å². The molecule has 122 valence electrons. The first-order valence-electron chi connectivity index (χ1n) is 7.15. The van der Waals surface area contributed by atoms with E-state index in [0.29, 0.717) is 32.1 Å². The first kappa shape index (κ1) is 16.1. The second-order valence-electron chi connectivity index (χ2n) is 5.53. The lowest BCUT2D eigenvalue weighted by molar-refractivity contribution is -0.138. The molecule has 1 saturated heterocycles. The van der Waals surface area contributed by atoms with Crippen molar-refractivity contribution in [2.24, 2.45) is 11.8 Å². The van der Waals surface area contributed by atoms with Crippen LogP contribution in [0.25, 0.3) is 0 Å². The molecule has 8 heteroatoms. The summed E-state index contributed by atoms with van der Waals surface area (Å²) in [4.78, 5) is 24.6. The number of carbonyl (C=O) groups is 2. The van der Waals surface area contributed by atoms with Gasteiger partial charge in [0.25, 0.3) is 0 Å². The predicted octanol–water partition coefficient (Wildman–Crippen LogP) is 3.57. The molecule has 0 aromatic carbocycles. The molecule has 0 radical (unpaired) electrons. The van der Waals surface area contributed by atoms with Crippen LogP contribution in [0.2, 0.25) is 0 Å². The Morgan fingerprint density at radius 2 is 1.39 bits per heavy atom. The van der Waals surface area contributed by atoms with E-state index in [9.17, 15) is 9.59 Å². The van der Waals surface area contributed by atoms with Crippen LogP contribution in [0.5, 0.6) is 0 Å². The molecule has 0 spiro atoms. The predicted molar refractivity (Wildman–Crippen MR) is 96.8 cm³/mol. The third kappa shape index (κ3) is 2.58. The summed E-state index contributed by atoms with van der Waals surface area (Å²) in [5, 5.41) is 1.25. The highest BCUT2D eigenvalue weighted by Gasteiger charge is 2.51. The van der Waals surface area contributed by atoms with Crippen LogP contribution in [0, 0.1) is 11.8 Å². The van der Waals surface area contributed by atoms with Crippen molar-refractivity contribution in [1.29, 1.82) is 0 Å². The lowest BCUT2D eigenvalue weighted by Gasteiger charge is -2.16. The minimum absolute atomic E-state index is 0.339. The van der Waals surface area contributed by atoms with Gasteiger partial charge in [0.2, 0.25) is 0 Å². The Balaban J connectivity index is 1.59. The molecule has 0 amide bonds. The van der Waals surface area contributed by atoms with Crippen LogP contribution in [-0.2, 0) is 19.1 Å². The third-order valence-corrected chi connectivity index (χ3v) is 10.8. The molecular weight excluding hydrogens is 372 g/mol. The SMILES string of the molecule is COC(=O)C1=C(C(=O)OC)SC(=C2SC3C4C=CC(C4)C3S2)S1. The topological polar surface area (TPSA) is 52.6 Å². The number of carbonyl (C=O) groups excluding carboxylic acids is 2. The van der Waals surface area contributed by atoms with Crippen molar-refractivity contribution < 1.29 is 19.1 Å². The molecule has 2 aliphatic heterocycles. The molecule has 0 aromatic heterocycles. The fourth-order valence-electron chi connectivity index (χ4n) is 3.25. The van der Waals surface area contributed by atoms with Crippen molar-refractivity contribution in [3.8, 4) is 0 Å². The zero-order valence-electron chi connectivity index (χ0n) is 12.4. The van der Waals surface area contributed by atoms with Crippen LogP contribution in [0.15, 0.2) is 30.4 Å². The molecule has 4 rings (SSSR count). The normalized spacial score (nSPS) is 34.3. The largest absolute Gasteiger partial charge is 0.465 e. The van der Waals surface area contributed by atoms with E-state index in [1.54, 1.807) is 0 Å². The van der Waals surface area contributed by atoms with Crippen molar-refractivity contribution >= 4 is 59.0 Å². The Morgan fingerprint density at radius 3 is 1.83 bits per heavy atom. The number of methoxy groups -OCH3 is 2. The number of allylic oxidation sites excluding steroid dienone is 2. The van der Waals surface area contributed by atoms with Gasteiger partial charge in [-0.15, -0.1) is 23.5 Å². The smallest absolute Gasteiger partial charge is 0.346 e. The molecule has 4 nitrogen and oxygen atoms in total. The summed E-state index contributed by atoms with van der Waals surface area (Å²) in [6, 6.07) is 0. The first-order valence-corrected chi connectivity index (χ1v) is 10.5. The van der Waals surface area contributed by atoms with E-state index in [1.807, 2.05) is 23.5 Å². The zero-order chi connectivity index (χ0) is 16.1. The molecule has 2 fully saturated rings. The van der Waals surface area contributed by atoms with Crippen LogP contribution in [0.4, 0.5) is 0 Å². The van der Waals surface area contributed by atoms with Gasteiger partial charge < -0.3 is 9.47 Å². The maximum atomic E-state index is 11.9. The number of thioether (sulfide) groups is 4. The first-order chi connectivity index (χ1) is 11.1. The average molecular weight is 387 g/mol. The Morgan fingerprint density at radius 1 is 0.913 bits per heavy atom. The molecule has 0 aromatic rings. The van der Waals surface area contributed by atoms with Gasteiger partial charge in [-0.2, -0.15) is 0 Å². The van der Waals surface area contributed by atoms with Crippen LogP contribution < -0.4 is 0 Å². The number of hydrogen-bond donors (Lipinski definition) is 0. The van der Waals surface area contributed by atoms with Gasteiger partial charge in [0.05, 0.1) is 22.7 Å². The average Bonchev–Trinajstić information content (AvgIpc) is 3.32. The van der Waals surface area contributed by atoms with Crippen molar-refractivity contribution in [3.05, 3.63) is 30.4 Å². The van der Waals surface area contributed by atoms with Gasteiger partial charge in [0.1, 0.15) is 9.81 Å². The van der Waals surface area contributed by atoms with E-state index in [0.717, 1.165) is 4.24 Å². The van der Waals surface area contributed by atoms with Crippen molar-refractivity contribution in [1.82, 2.24) is 0 Å². The molecule has 1 saturated carbocycles. The molecule has 2 heterocycles. The Labute approximate surface area is 151 Å². The molecule has 4 unspecified atom stereocenters. The third-order valence-electron chi connectivity index (χ3n) is 4.31. The highest BCUT2D eigenvalue weighted by Crippen LogP contribution is 2.65. The summed E-state index contributed by atoms with van der Waals surface area (Å²) >= 11 is 6.48. The second kappa shape index (κ2) is 6.13. The Kier molecular flexibility index (Phi) is 4.28. The molecule has 2 bridgehead atoms. The van der Waals surface area contributed by atoms with Gasteiger partial charge >= 0.3 is 11.9 Å². The number of ether oxygens (including phenoxy) is 2. The number of esters is 2. The second-order valence-corrected chi connectivity index (χ2v) is 10.5. The van der Waals surface area contributed by atoms with Gasteiger partial charge in [-0.05, 0) is 18.3 Å². The summed E-state index contributed by atoms with van der Waals surface area (Å²) < 4.78 is 11.8. The quantitative estimate of drug-likeness (QED) is 0.527. The molecule has 0 N–H and O–H groups in total. The van der Waals surface area contributed by atoms with Gasteiger partial charge in [-0.1, -0.05) is 35.7 Å². The lowest BCUT2D eigenvalue weighted by Crippen LogP contribution is -2.19. The molecular formula is C15H14O4S4. The van der Waals surface area contributed by atoms with E-state index >= 15 is 0 Å². The zero-order valence-corrected chi connectivity index (χ0v) is 15.7. The monoisotopic (exact) mass is 386 g/mol. The number of fused-ring (bicyclic) bond motifs is 5. The summed E-state index contributed by atoms with van der Waals surface area (Å²) in [5.74, 6) is 0.386. The summed E-state index contributed by atoms with van der Waals surface area (Å²) in [6.45, 7) is 0. The fraction of sp³-hybridized carbons (Fsp3) is 0.467. The van der Waals surface area contributed by atoms with Gasteiger partial charge in [0, 0.05) is 10.5 Å². The standard InChI is InChI=1S/C15H14O4S4/c1-18-12(16)10-11(13(17)19-2)23-15(22-10)14-20-8-6-3-4-7(5-6)9(8)21-14/h3-4,6-9H,5H2,1-2H3. The summed E-state index contributed by atoms with van der Waals surface area (Å²) in [6.07, 6.45) is 5.97. The van der Waals surface area contributed by atoms with Crippen LogP contribution >= 0.6 is 47.0 Å². The summed E-state index contributed by atoms with van der Waals surface area (Å²) in [7, 11) is 2.65. The van der Waals surface area contributed by atoms with Crippen molar-refractivity contribution in [2.75, 3.05) is 14.2 Å². The lowest BCUT2D eigenvalue weighted by atomic mass is 10.1. The molecule has 4 aliphatic rings. The number of rotatable bonds is 2. The van der Waals surface area contributed by atoms with Crippen LogP contribution in [0.3, 0.4) is 0 Å². The van der Waals surface area contributed by atoms with Crippen molar-refractivity contribution in [2.45, 2.75) is 16.9 Å². The fourth-order valence-corrected chi connectivity index (χ4v) is 9.80. The van der Waals surface area contributed by atoms with E-state index in [1.165, 1.54) is 48.4 Å². The van der Waals surface area contributed by atoms with Gasteiger partial charge in [-0.3, -0.25) is 0 Å². The van der Waals surface area contributed by atoms with Crippen molar-refractivity contribution in [3.63, 3.8) is 0 Å². The Hall–Kier alpha value is -0.440. The summed E-state index contributed by atoms with van der Waals surface area (Å²) in [5.41, 5.74) is 0. The maximum Gasteiger partial charge on any atom is 0.346 e. The van der Waals surface area contributed by atoms with Crippen LogP contribution in [0.1, 0.15) is 6.42 Å². The maximum absolute atomic E-state index is 11.9. The molecule has 23 heavy (non-hydrogen) atoms. The molecule has 4 atom stereocenters. The van der Waals surface area contributed by atoms with E-state index < -0.39 is 11.9 Å². The van der Waals surface area contributed by atoms with E-state index in [4.69, 9.17) is 9.47 Å². The van der Waals surface area contributed by atoms with Crippen LogP contribution in [-0.4, -0.2) is 36.7 Å². The van der Waals surface area contributed by atoms with E-state index in [2.05, 4.69) is 12.2 Å². The molecule has 2 aliphatic carbocycles. The van der Waals surface area contributed by atoms with Gasteiger partial charge in [0.15, 0.2) is 0 Å². The number of hydrogen-bond acceptors (Lipinski definition) is 8. The Bertz CT molecular complexity index is 629.